The van der Waals surface area contributed by atoms with E-state index in [1.807, 2.05) is 0 Å². The van der Waals surface area contributed by atoms with E-state index >= 15 is 0 Å². The maximum Gasteiger partial charge on any atom is 0.250 e. The average Bonchev–Trinajstić information content (AvgIpc) is 1.63. The summed E-state index contributed by atoms with van der Waals surface area (Å²) >= 11 is 0. The molecule has 0 unspecified atom stereocenters. The fourth-order valence-corrected chi connectivity index (χ4v) is 0.401. The molecule has 0 amide bonds. The smallest absolute Gasteiger partial charge is 0.250 e. The highest BCUT2D eigenvalue weighted by Gasteiger charge is 2.01. The lowest BCUT2D eigenvalue weighted by atomic mass is 10.4. The van der Waals surface area contributed by atoms with Gasteiger partial charge in [0.15, 0.2) is 0 Å². The quantitative estimate of drug-likeness (QED) is 0.584. The number of alkyl halides is 2. The van der Waals surface area contributed by atoms with Crippen LogP contribution in [0.4, 0.5) is 8.78 Å². The summed E-state index contributed by atoms with van der Waals surface area (Å²) in [5, 5.41) is 10.9. The van der Waals surface area contributed by atoms with E-state index in [1.165, 1.54) is 0 Å². The summed E-state index contributed by atoms with van der Waals surface area (Å²) in [7, 11) is 0. The van der Waals surface area contributed by atoms with Gasteiger partial charge in [0, 0.05) is 6.54 Å². The van der Waals surface area contributed by atoms with Crippen molar-refractivity contribution in [2.75, 3.05) is 13.1 Å². The number of halogens is 2. The minimum atomic E-state index is -2.33. The molecule has 0 saturated carbocycles. The van der Waals surface area contributed by atoms with Crippen LogP contribution in [-0.4, -0.2) is 30.7 Å². The molecule has 0 heterocycles. The van der Waals surface area contributed by atoms with Crippen molar-refractivity contribution < 1.29 is 13.9 Å². The highest BCUT2D eigenvalue weighted by atomic mass is 19.3. The van der Waals surface area contributed by atoms with Crippen LogP contribution in [0.3, 0.4) is 0 Å². The molecule has 0 aliphatic rings. The summed E-state index contributed by atoms with van der Waals surface area (Å²) in [6.07, 6.45) is -2.88. The Hall–Kier alpha value is -0.220. The molecule has 0 bridgehead atoms. The van der Waals surface area contributed by atoms with Gasteiger partial charge in [0.2, 0.25) is 0 Å². The van der Waals surface area contributed by atoms with Crippen molar-refractivity contribution in [3.05, 3.63) is 0 Å². The van der Waals surface area contributed by atoms with E-state index < -0.39 is 12.5 Å². The summed E-state index contributed by atoms with van der Waals surface area (Å²) in [6, 6.07) is 0. The monoisotopic (exact) mass is 139 g/mol. The summed E-state index contributed by atoms with van der Waals surface area (Å²) in [4.78, 5) is 0. The van der Waals surface area contributed by atoms with E-state index in [4.69, 9.17) is 5.11 Å². The zero-order valence-electron chi connectivity index (χ0n) is 5.27. The average molecular weight is 139 g/mol. The predicted molar refractivity (Wildman–Crippen MR) is 30.6 cm³/mol. The normalized spacial score (nSPS) is 14.3. The molecule has 0 aromatic rings. The number of nitrogens with one attached hydrogen (secondary N) is 1. The van der Waals surface area contributed by atoms with E-state index in [-0.39, 0.29) is 13.1 Å². The molecule has 0 aliphatic carbocycles. The molecule has 2 N–H and O–H groups in total. The standard InChI is InChI=1S/C5H11F2NO/c1-4(9)2-8-3-5(6)7/h4-5,8-9H,2-3H2,1H3/t4-/m1/s1. The molecule has 0 spiro atoms. The van der Waals surface area contributed by atoms with Gasteiger partial charge in [-0.1, -0.05) is 0 Å². The summed E-state index contributed by atoms with van der Waals surface area (Å²) in [6.45, 7) is 1.42. The van der Waals surface area contributed by atoms with Gasteiger partial charge >= 0.3 is 0 Å². The van der Waals surface area contributed by atoms with Crippen molar-refractivity contribution in [2.45, 2.75) is 19.5 Å². The van der Waals surface area contributed by atoms with E-state index in [1.54, 1.807) is 6.92 Å². The molecule has 56 valence electrons. The second-order valence-electron chi connectivity index (χ2n) is 1.90. The number of hydrogen-bond acceptors (Lipinski definition) is 2. The van der Waals surface area contributed by atoms with Crippen molar-refractivity contribution in [3.63, 3.8) is 0 Å². The largest absolute Gasteiger partial charge is 0.392 e. The van der Waals surface area contributed by atoms with Crippen LogP contribution < -0.4 is 5.32 Å². The van der Waals surface area contributed by atoms with Gasteiger partial charge < -0.3 is 10.4 Å². The minimum Gasteiger partial charge on any atom is -0.392 e. The van der Waals surface area contributed by atoms with Gasteiger partial charge in [0.05, 0.1) is 12.6 Å². The third-order valence-electron chi connectivity index (χ3n) is 0.738. The SMILES string of the molecule is C[C@@H](O)CNCC(F)F. The molecular weight excluding hydrogens is 128 g/mol. The summed E-state index contributed by atoms with van der Waals surface area (Å²) in [5.74, 6) is 0. The maximum atomic E-state index is 11.3. The third kappa shape index (κ3) is 7.78. The van der Waals surface area contributed by atoms with Crippen LogP contribution in [0.5, 0.6) is 0 Å². The van der Waals surface area contributed by atoms with Crippen molar-refractivity contribution >= 4 is 0 Å². The summed E-state index contributed by atoms with van der Waals surface area (Å²) < 4.78 is 22.7. The van der Waals surface area contributed by atoms with Gasteiger partial charge in [0.1, 0.15) is 0 Å². The Balaban J connectivity index is 2.91. The lowest BCUT2D eigenvalue weighted by Crippen LogP contribution is -2.28. The van der Waals surface area contributed by atoms with Gasteiger partial charge in [-0.05, 0) is 6.92 Å². The molecule has 0 aromatic carbocycles. The Morgan fingerprint density at radius 2 is 2.00 bits per heavy atom. The molecule has 0 rings (SSSR count). The molecule has 9 heavy (non-hydrogen) atoms. The predicted octanol–water partition coefficient (Wildman–Crippen LogP) is 0.222. The molecule has 0 aliphatic heterocycles. The first-order chi connectivity index (χ1) is 4.13. The fraction of sp³-hybridized carbons (Fsp3) is 1.00. The third-order valence-corrected chi connectivity index (χ3v) is 0.738. The zero-order chi connectivity index (χ0) is 7.28. The molecule has 1 atom stereocenters. The van der Waals surface area contributed by atoms with Gasteiger partial charge in [-0.25, -0.2) is 8.78 Å². The van der Waals surface area contributed by atoms with Gasteiger partial charge in [0.25, 0.3) is 6.43 Å². The van der Waals surface area contributed by atoms with Crippen LogP contribution in [0.15, 0.2) is 0 Å². The second kappa shape index (κ2) is 4.64. The number of aliphatic hydroxyl groups is 1. The van der Waals surface area contributed by atoms with Crippen LogP contribution >= 0.6 is 0 Å². The molecular formula is C5H11F2NO. The molecule has 2 nitrogen and oxygen atoms in total. The highest BCUT2D eigenvalue weighted by molar-refractivity contribution is 4.52. The van der Waals surface area contributed by atoms with E-state index in [2.05, 4.69) is 5.32 Å². The van der Waals surface area contributed by atoms with Gasteiger partial charge in [-0.3, -0.25) is 0 Å². The topological polar surface area (TPSA) is 32.3 Å². The van der Waals surface area contributed by atoms with Crippen LogP contribution in [0.1, 0.15) is 6.92 Å². The fourth-order valence-electron chi connectivity index (χ4n) is 0.401. The molecule has 0 saturated heterocycles. The Morgan fingerprint density at radius 3 is 2.33 bits per heavy atom. The Labute approximate surface area is 52.9 Å². The van der Waals surface area contributed by atoms with Gasteiger partial charge in [-0.2, -0.15) is 0 Å². The highest BCUT2D eigenvalue weighted by Crippen LogP contribution is 1.87. The first-order valence-electron chi connectivity index (χ1n) is 2.80. The van der Waals surface area contributed by atoms with Crippen LogP contribution in [0, 0.1) is 0 Å². The Morgan fingerprint density at radius 1 is 1.44 bits per heavy atom. The zero-order valence-corrected chi connectivity index (χ0v) is 5.27. The van der Waals surface area contributed by atoms with E-state index in [0.717, 1.165) is 0 Å². The van der Waals surface area contributed by atoms with Crippen LogP contribution in [0.2, 0.25) is 0 Å². The molecule has 0 fully saturated rings. The lowest BCUT2D eigenvalue weighted by molar-refractivity contribution is 0.133. The first kappa shape index (κ1) is 8.78. The Bertz CT molecular complexity index is 60.0. The Kier molecular flexibility index (Phi) is 4.53. The van der Waals surface area contributed by atoms with Crippen LogP contribution in [-0.2, 0) is 0 Å². The van der Waals surface area contributed by atoms with Crippen molar-refractivity contribution in [1.82, 2.24) is 5.32 Å². The number of hydrogen-bond donors (Lipinski definition) is 2. The van der Waals surface area contributed by atoms with Crippen molar-refractivity contribution in [2.24, 2.45) is 0 Å². The van der Waals surface area contributed by atoms with Gasteiger partial charge in [-0.15, -0.1) is 0 Å². The maximum absolute atomic E-state index is 11.3. The molecule has 0 aromatic heterocycles. The van der Waals surface area contributed by atoms with Crippen molar-refractivity contribution in [3.8, 4) is 0 Å². The minimum absolute atomic E-state index is 0.227. The van der Waals surface area contributed by atoms with E-state index in [0.29, 0.717) is 0 Å². The first-order valence-corrected chi connectivity index (χ1v) is 2.80. The van der Waals surface area contributed by atoms with Crippen LogP contribution in [0.25, 0.3) is 0 Å². The second-order valence-corrected chi connectivity index (χ2v) is 1.90. The van der Waals surface area contributed by atoms with E-state index in [9.17, 15) is 8.78 Å². The number of rotatable bonds is 4. The number of aliphatic hydroxyl groups excluding tert-OH is 1. The molecule has 0 radical (unpaired) electrons. The van der Waals surface area contributed by atoms with Crippen molar-refractivity contribution in [1.29, 1.82) is 0 Å². The summed E-state index contributed by atoms with van der Waals surface area (Å²) in [5.41, 5.74) is 0. The molecule has 4 heteroatoms. The lowest BCUT2D eigenvalue weighted by Gasteiger charge is -2.04.